The molecule has 0 aliphatic carbocycles. The molecule has 0 aliphatic heterocycles. The van der Waals surface area contributed by atoms with Gasteiger partial charge in [-0.1, -0.05) is 108 Å². The van der Waals surface area contributed by atoms with E-state index >= 15 is 0 Å². The number of hydrogen-bond donors (Lipinski definition) is 4. The average Bonchev–Trinajstić information content (AvgIpc) is 1.75. The number of rotatable bonds is 13. The Hall–Kier alpha value is -16.3. The van der Waals surface area contributed by atoms with Crippen molar-refractivity contribution in [3.63, 3.8) is 0 Å². The van der Waals surface area contributed by atoms with Crippen LogP contribution in [-0.2, 0) is 27.3 Å². The van der Waals surface area contributed by atoms with E-state index < -0.39 is 53.3 Å². The number of carbonyl (C=O) groups excluding carboxylic acids is 3. The molecular formula is C89H73F3N22O7. The maximum absolute atomic E-state index is 14.2. The van der Waals surface area contributed by atoms with Gasteiger partial charge >= 0.3 is 6.18 Å². The zero-order valence-corrected chi connectivity index (χ0v) is 66.6. The SMILES string of the molecule is COc1ccc(C(=O)N[C@@H](C)c2nc3cccc(C#Cc4cnn(C)c4)c3c(=O)n2-c2ccccc2)c(N)n1.Cc1cnc(C(=O)N[C@@H](C)c2nc3cccc(C#Cc4cnn(C)c4)c3c(=O)n2-c2ccccc2)c(C)n1.Cc1nn2cccnc2c1C(=O)N[C@@H](C)c1nc2cccc(C#Cc3cnn(C)c3C(F)(F)F)c2c(=O)n1-c1ccccc1. The topological polar surface area (TPSA) is 350 Å². The number of aryl methyl sites for hydroxylation is 6. The molecular weight excluding hydrogens is 1550 g/mol. The van der Waals surface area contributed by atoms with Crippen LogP contribution < -0.4 is 43.1 Å². The highest BCUT2D eigenvalue weighted by Gasteiger charge is 2.37. The van der Waals surface area contributed by atoms with Gasteiger partial charge in [0, 0.05) is 74.9 Å². The highest BCUT2D eigenvalue weighted by Crippen LogP contribution is 2.32. The second kappa shape index (κ2) is 34.6. The molecule has 16 aromatic rings. The summed E-state index contributed by atoms with van der Waals surface area (Å²) in [5.74, 6) is 17.6. The van der Waals surface area contributed by atoms with Crippen LogP contribution in [0.4, 0.5) is 19.0 Å². The molecule has 0 fully saturated rings. The number of pyridine rings is 1. The Morgan fingerprint density at radius 2 is 0.926 bits per heavy atom. The number of hydrogen-bond acceptors (Lipinski definition) is 19. The summed E-state index contributed by atoms with van der Waals surface area (Å²) in [6.45, 7) is 10.5. The van der Waals surface area contributed by atoms with E-state index in [2.05, 4.69) is 91.8 Å². The molecule has 0 saturated heterocycles. The van der Waals surface area contributed by atoms with Crippen molar-refractivity contribution in [2.75, 3.05) is 12.8 Å². The first-order valence-corrected chi connectivity index (χ1v) is 37.5. The third-order valence-corrected chi connectivity index (χ3v) is 19.1. The van der Waals surface area contributed by atoms with Gasteiger partial charge in [-0.15, -0.1) is 0 Å². The van der Waals surface area contributed by atoms with Gasteiger partial charge in [0.15, 0.2) is 11.3 Å². The number of nitrogens with two attached hydrogens (primary N) is 1. The van der Waals surface area contributed by atoms with E-state index in [0.29, 0.717) is 89.2 Å². The van der Waals surface area contributed by atoms with Gasteiger partial charge in [0.2, 0.25) is 5.88 Å². The summed E-state index contributed by atoms with van der Waals surface area (Å²) in [5.41, 5.74) is 12.1. The van der Waals surface area contributed by atoms with E-state index in [1.54, 1.807) is 178 Å². The van der Waals surface area contributed by atoms with Gasteiger partial charge in [0.25, 0.3) is 34.4 Å². The molecule has 0 bridgehead atoms. The first-order valence-electron chi connectivity index (χ1n) is 37.5. The zero-order valence-electron chi connectivity index (χ0n) is 66.6. The van der Waals surface area contributed by atoms with Crippen LogP contribution in [0, 0.1) is 56.3 Å². The van der Waals surface area contributed by atoms with Crippen molar-refractivity contribution in [2.24, 2.45) is 21.1 Å². The lowest BCUT2D eigenvalue weighted by Gasteiger charge is -2.20. The Bertz CT molecular complexity index is 7140. The number of alkyl halides is 3. The molecule has 0 aliphatic rings. The number of methoxy groups -OCH3 is 1. The molecule has 10 heterocycles. The van der Waals surface area contributed by atoms with Gasteiger partial charge < -0.3 is 26.4 Å². The van der Waals surface area contributed by atoms with Gasteiger partial charge in [-0.25, -0.2) is 29.4 Å². The van der Waals surface area contributed by atoms with Crippen LogP contribution in [0.25, 0.3) is 55.4 Å². The summed E-state index contributed by atoms with van der Waals surface area (Å²) in [5, 5.41) is 26.0. The molecule has 32 heteroatoms. The van der Waals surface area contributed by atoms with Crippen molar-refractivity contribution in [1.29, 1.82) is 0 Å². The molecule has 0 radical (unpaired) electrons. The van der Waals surface area contributed by atoms with Crippen LogP contribution in [-0.4, -0.2) is 112 Å². The lowest BCUT2D eigenvalue weighted by Crippen LogP contribution is -2.34. The summed E-state index contributed by atoms with van der Waals surface area (Å²) in [4.78, 5) is 113. The van der Waals surface area contributed by atoms with Gasteiger partial charge in [-0.05, 0) is 126 Å². The Balaban J connectivity index is 0.000000149. The van der Waals surface area contributed by atoms with E-state index in [1.165, 1.54) is 38.4 Å². The number of benzene rings is 6. The average molecular weight is 1620 g/mol. The molecule has 10 aromatic heterocycles. The Morgan fingerprint density at radius 1 is 0.479 bits per heavy atom. The van der Waals surface area contributed by atoms with E-state index in [0.717, 1.165) is 23.0 Å². The fraction of sp³-hybridized carbons (Fsp3) is 0.157. The summed E-state index contributed by atoms with van der Waals surface area (Å²) in [6, 6.07) is 45.3. The molecule has 5 N–H and O–H groups in total. The van der Waals surface area contributed by atoms with Gasteiger partial charge in [0.1, 0.15) is 34.5 Å². The number of halogens is 3. The standard InChI is InChI=1S/C31H23F3N8O2.C29H25N7O3.C29H25N7O2/c1-18-24(28-35-15-8-16-41(28)39-18)29(43)37-19(2)27-38-23-12-7-9-20(13-14-21-17-36-40(3)26(21)31(32,33)34)25(23)30(44)42(27)22-10-5-4-6-11-22;1-18(32-28(37)22-14-15-24(39-3)34-26(22)30)27-33-23-11-7-8-20(13-12-19-16-31-35(2)17-19)25(23)29(38)36(27)21-9-5-4-6-10-21;1-18-15-30-26(19(2)32-18)28(37)33-20(3)27-34-24-12-8-9-22(14-13-21-16-31-35(4)17-21)25(24)29(38)36(27)23-10-6-5-7-11-23/h4-12,15-17,19H,1-3H3,(H,37,43);4-11,14-18H,1-3H3,(H2,30,34)(H,32,37);5-12,15-17,20H,1-4H3,(H,33,37)/t19-;18-;20-/m000/s1. The second-order valence-electron chi connectivity index (χ2n) is 27.7. The van der Waals surface area contributed by atoms with Crippen molar-refractivity contribution in [3.8, 4) is 58.5 Å². The second-order valence-corrected chi connectivity index (χ2v) is 27.7. The Morgan fingerprint density at radius 3 is 1.36 bits per heavy atom. The first-order chi connectivity index (χ1) is 58.2. The van der Waals surface area contributed by atoms with Gasteiger partial charge in [-0.2, -0.15) is 38.5 Å². The minimum atomic E-state index is -4.66. The molecule has 29 nitrogen and oxygen atoms in total. The third kappa shape index (κ3) is 17.3. The molecule has 0 saturated carbocycles. The number of ether oxygens (including phenoxy) is 1. The van der Waals surface area contributed by atoms with E-state index in [-0.39, 0.29) is 61.6 Å². The predicted octanol–water partition coefficient (Wildman–Crippen LogP) is 10.8. The Kier molecular flexibility index (Phi) is 23.3. The smallest absolute Gasteiger partial charge is 0.434 e. The molecule has 3 amide bonds. The lowest BCUT2D eigenvalue weighted by atomic mass is 10.1. The van der Waals surface area contributed by atoms with Crippen LogP contribution in [0.1, 0.15) is 144 Å². The first kappa shape index (κ1) is 81.3. The number of nitrogens with zero attached hydrogens (tertiary/aromatic N) is 18. The number of nitrogen functional groups attached to an aromatic ring is 1. The number of fused-ring (bicyclic) bond motifs is 4. The quantitative estimate of drug-likeness (QED) is 0.0779. The molecule has 121 heavy (non-hydrogen) atoms. The minimum absolute atomic E-state index is 0.0304. The van der Waals surface area contributed by atoms with E-state index in [1.807, 2.05) is 87.7 Å². The van der Waals surface area contributed by atoms with Crippen LogP contribution in [0.15, 0.2) is 228 Å². The summed E-state index contributed by atoms with van der Waals surface area (Å²) >= 11 is 0. The van der Waals surface area contributed by atoms with Crippen LogP contribution in [0.3, 0.4) is 0 Å². The van der Waals surface area contributed by atoms with Crippen molar-refractivity contribution in [1.82, 2.24) is 103 Å². The van der Waals surface area contributed by atoms with Crippen LogP contribution >= 0.6 is 0 Å². The van der Waals surface area contributed by atoms with Crippen molar-refractivity contribution < 1.29 is 32.3 Å². The molecule has 3 atom stereocenters. The molecule has 0 spiro atoms. The largest absolute Gasteiger partial charge is 0.481 e. The fourth-order valence-corrected chi connectivity index (χ4v) is 13.5. The number of nitrogens with one attached hydrogen (secondary N) is 3. The van der Waals surface area contributed by atoms with Crippen molar-refractivity contribution >= 4 is 61.9 Å². The number of carbonyl (C=O) groups is 3. The van der Waals surface area contributed by atoms with Crippen molar-refractivity contribution in [2.45, 2.75) is 65.8 Å². The minimum Gasteiger partial charge on any atom is -0.481 e. The number of amides is 3. The zero-order chi connectivity index (χ0) is 85.5. The monoisotopic (exact) mass is 1620 g/mol. The number of para-hydroxylation sites is 3. The highest BCUT2D eigenvalue weighted by atomic mass is 19.4. The summed E-state index contributed by atoms with van der Waals surface area (Å²) in [6.07, 6.45) is 8.10. The van der Waals surface area contributed by atoms with E-state index in [9.17, 15) is 41.9 Å². The molecule has 0 unspecified atom stereocenters. The van der Waals surface area contributed by atoms with Crippen molar-refractivity contribution in [3.05, 3.63) is 335 Å². The maximum atomic E-state index is 14.2. The fourth-order valence-electron chi connectivity index (χ4n) is 13.5. The van der Waals surface area contributed by atoms with Gasteiger partial charge in [0.05, 0.1) is 133 Å². The van der Waals surface area contributed by atoms with Crippen LogP contribution in [0.2, 0.25) is 0 Å². The lowest BCUT2D eigenvalue weighted by molar-refractivity contribution is -0.143. The summed E-state index contributed by atoms with van der Waals surface area (Å²) in [7, 11) is 6.28. The Labute approximate surface area is 687 Å². The summed E-state index contributed by atoms with van der Waals surface area (Å²) < 4.78 is 55.8. The van der Waals surface area contributed by atoms with Gasteiger partial charge in [-0.3, -0.25) is 61.5 Å². The maximum Gasteiger partial charge on any atom is 0.434 e. The third-order valence-electron chi connectivity index (χ3n) is 19.1. The normalized spacial score (nSPS) is 11.8. The molecule has 16 rings (SSSR count). The number of anilines is 1. The van der Waals surface area contributed by atoms with Crippen LogP contribution in [0.5, 0.6) is 5.88 Å². The molecule has 602 valence electrons. The van der Waals surface area contributed by atoms with E-state index in [4.69, 9.17) is 25.4 Å². The molecule has 6 aromatic carbocycles. The number of aromatic nitrogens is 18. The predicted molar refractivity (Wildman–Crippen MR) is 447 cm³/mol. The highest BCUT2D eigenvalue weighted by molar-refractivity contribution is 6.01.